The van der Waals surface area contributed by atoms with E-state index in [0.29, 0.717) is 21.4 Å². The molecular weight excluding hydrogens is 649 g/mol. The van der Waals surface area contributed by atoms with Crippen LogP contribution in [0.4, 0.5) is 30.7 Å². The van der Waals surface area contributed by atoms with Crippen molar-refractivity contribution in [1.29, 1.82) is 0 Å². The molecule has 6 rings (SSSR count). The second-order valence-corrected chi connectivity index (χ2v) is 11.0. The van der Waals surface area contributed by atoms with Gasteiger partial charge in [0.2, 0.25) is 0 Å². The predicted octanol–water partition coefficient (Wildman–Crippen LogP) is 6.17. The third-order valence-corrected chi connectivity index (χ3v) is 8.06. The van der Waals surface area contributed by atoms with E-state index in [1.165, 1.54) is 36.5 Å². The van der Waals surface area contributed by atoms with Crippen molar-refractivity contribution >= 4 is 23.5 Å². The fourth-order valence-corrected chi connectivity index (χ4v) is 5.34. The van der Waals surface area contributed by atoms with E-state index in [1.807, 2.05) is 0 Å². The molecule has 1 aliphatic heterocycles. The van der Waals surface area contributed by atoms with Gasteiger partial charge in [0.25, 0.3) is 12.3 Å². The van der Waals surface area contributed by atoms with Gasteiger partial charge >= 0.3 is 12.7 Å². The molecule has 0 unspecified atom stereocenters. The Hall–Kier alpha value is -4.51. The largest absolute Gasteiger partial charge is 0.417 e. The number of nitrogens with zero attached hydrogens (tertiary/aromatic N) is 7. The topological polar surface area (TPSA) is 116 Å². The van der Waals surface area contributed by atoms with Gasteiger partial charge in [0.05, 0.1) is 29.6 Å². The summed E-state index contributed by atoms with van der Waals surface area (Å²) in [5, 5.41) is 7.37. The highest BCUT2D eigenvalue weighted by Crippen LogP contribution is 2.52. The molecule has 1 fully saturated rings. The standard InChI is InChI=1S/C28H22ClF7N8O2/c29-18-6-5-16(9-19(18)44-23(22(30)31)38-13-40-44)20(12-46-27(7-8-27)28(34,35)36)43-24(45)21(41-26(43)37)15-3-1-14(2-4-15)17-10-39-42(11-17)25(32)33/h1-6,9-11,13,20-22,25H,7-8,12H2,(H2,37,41)/t20-,21-/m1/s1. The third kappa shape index (κ3) is 5.68. The van der Waals surface area contributed by atoms with Crippen LogP contribution in [0.1, 0.15) is 54.9 Å². The molecule has 3 heterocycles. The molecule has 242 valence electrons. The molecule has 0 radical (unpaired) electrons. The van der Waals surface area contributed by atoms with Crippen LogP contribution in [0, 0.1) is 0 Å². The van der Waals surface area contributed by atoms with Gasteiger partial charge in [0, 0.05) is 11.8 Å². The summed E-state index contributed by atoms with van der Waals surface area (Å²) in [6, 6.07) is 7.68. The van der Waals surface area contributed by atoms with Crippen LogP contribution >= 0.6 is 11.6 Å². The molecule has 1 saturated carbocycles. The quantitative estimate of drug-likeness (QED) is 0.202. The van der Waals surface area contributed by atoms with E-state index < -0.39 is 55.2 Å². The van der Waals surface area contributed by atoms with Gasteiger partial charge < -0.3 is 10.5 Å². The Morgan fingerprint density at radius 3 is 2.37 bits per heavy atom. The van der Waals surface area contributed by atoms with Crippen molar-refractivity contribution < 1.29 is 40.3 Å². The lowest BCUT2D eigenvalue weighted by atomic mass is 10.0. The van der Waals surface area contributed by atoms with Gasteiger partial charge in [0.15, 0.2) is 23.4 Å². The van der Waals surface area contributed by atoms with Crippen molar-refractivity contribution in [3.63, 3.8) is 0 Å². The predicted molar refractivity (Wildman–Crippen MR) is 148 cm³/mol. The molecule has 2 aromatic heterocycles. The summed E-state index contributed by atoms with van der Waals surface area (Å²) in [5.74, 6) is -1.76. The van der Waals surface area contributed by atoms with Crippen molar-refractivity contribution in [2.75, 3.05) is 6.61 Å². The molecular formula is C28H22ClF7N8O2. The number of amides is 1. The van der Waals surface area contributed by atoms with Crippen LogP contribution in [0.15, 0.2) is 66.2 Å². The Labute approximate surface area is 260 Å². The first-order valence-electron chi connectivity index (χ1n) is 13.6. The van der Waals surface area contributed by atoms with Gasteiger partial charge in [-0.15, -0.1) is 0 Å². The fourth-order valence-electron chi connectivity index (χ4n) is 5.14. The Morgan fingerprint density at radius 2 is 1.76 bits per heavy atom. The maximum absolute atomic E-state index is 13.8. The smallest absolute Gasteiger partial charge is 0.369 e. The zero-order chi connectivity index (χ0) is 33.0. The first kappa shape index (κ1) is 31.5. The van der Waals surface area contributed by atoms with Crippen molar-refractivity contribution in [2.24, 2.45) is 10.7 Å². The lowest BCUT2D eigenvalue weighted by Gasteiger charge is -2.31. The lowest BCUT2D eigenvalue weighted by Crippen LogP contribution is -2.44. The van der Waals surface area contributed by atoms with Gasteiger partial charge in [-0.2, -0.15) is 32.1 Å². The van der Waals surface area contributed by atoms with E-state index >= 15 is 0 Å². The van der Waals surface area contributed by atoms with Gasteiger partial charge in [-0.25, -0.2) is 28.1 Å². The average Bonchev–Trinajstić information content (AvgIpc) is 3.31. The first-order valence-corrected chi connectivity index (χ1v) is 13.9. The third-order valence-electron chi connectivity index (χ3n) is 7.74. The SMILES string of the molecule is NC1=N[C@H](c2ccc(-c3cnn(C(F)F)c3)cc2)C(=O)N1[C@H](COC1(C(F)(F)F)CC1)c1ccc(Cl)c(-n2ncnc2C(F)F)c1. The van der Waals surface area contributed by atoms with Crippen LogP contribution in [-0.4, -0.2) is 59.7 Å². The van der Waals surface area contributed by atoms with Crippen molar-refractivity contribution in [1.82, 2.24) is 29.4 Å². The summed E-state index contributed by atoms with van der Waals surface area (Å²) in [5.41, 5.74) is 5.14. The van der Waals surface area contributed by atoms with Crippen molar-refractivity contribution in [3.05, 3.63) is 83.2 Å². The summed E-state index contributed by atoms with van der Waals surface area (Å²) < 4.78 is 101. The number of benzene rings is 2. The zero-order valence-electron chi connectivity index (χ0n) is 23.3. The fraction of sp³-hybridized carbons (Fsp3) is 0.321. The second kappa shape index (κ2) is 11.7. The Morgan fingerprint density at radius 1 is 1.04 bits per heavy atom. The van der Waals surface area contributed by atoms with Gasteiger partial charge in [-0.1, -0.05) is 41.9 Å². The number of carbonyl (C=O) groups is 1. The van der Waals surface area contributed by atoms with Gasteiger partial charge in [0.1, 0.15) is 6.33 Å². The molecule has 2 N–H and O–H groups in total. The summed E-state index contributed by atoms with van der Waals surface area (Å²) in [4.78, 5) is 22.6. The number of aliphatic imine (C=N–C) groups is 1. The van der Waals surface area contributed by atoms with E-state index in [9.17, 15) is 35.5 Å². The Bertz CT molecular complexity index is 1790. The van der Waals surface area contributed by atoms with E-state index in [4.69, 9.17) is 22.1 Å². The molecule has 0 saturated heterocycles. The number of carbonyl (C=O) groups excluding carboxylic acids is 1. The van der Waals surface area contributed by atoms with Crippen LogP contribution in [-0.2, 0) is 9.53 Å². The minimum Gasteiger partial charge on any atom is -0.369 e. The first-order chi connectivity index (χ1) is 21.8. The number of ether oxygens (including phenoxy) is 1. The summed E-state index contributed by atoms with van der Waals surface area (Å²) in [6.45, 7) is -3.50. The number of guanidine groups is 1. The molecule has 46 heavy (non-hydrogen) atoms. The molecule has 2 aromatic carbocycles. The summed E-state index contributed by atoms with van der Waals surface area (Å²) in [7, 11) is 0. The molecule has 1 aliphatic carbocycles. The van der Waals surface area contributed by atoms with Crippen LogP contribution in [0.5, 0.6) is 0 Å². The number of hydrogen-bond acceptors (Lipinski definition) is 7. The van der Waals surface area contributed by atoms with Crippen molar-refractivity contribution in [2.45, 2.75) is 49.7 Å². The van der Waals surface area contributed by atoms with E-state index in [-0.39, 0.29) is 35.1 Å². The number of halogens is 8. The normalized spacial score (nSPS) is 18.5. The van der Waals surface area contributed by atoms with Crippen LogP contribution in [0.2, 0.25) is 5.02 Å². The highest BCUT2D eigenvalue weighted by atomic mass is 35.5. The second-order valence-electron chi connectivity index (χ2n) is 10.6. The van der Waals surface area contributed by atoms with Gasteiger partial charge in [-0.05, 0) is 41.7 Å². The Balaban J connectivity index is 1.33. The van der Waals surface area contributed by atoms with E-state index in [0.717, 1.165) is 22.1 Å². The molecule has 10 nitrogen and oxygen atoms in total. The van der Waals surface area contributed by atoms with Crippen LogP contribution < -0.4 is 5.73 Å². The molecule has 2 atom stereocenters. The molecule has 4 aromatic rings. The number of hydrogen-bond donors (Lipinski definition) is 1. The molecule has 0 spiro atoms. The maximum atomic E-state index is 13.8. The Kier molecular flexibility index (Phi) is 8.00. The maximum Gasteiger partial charge on any atom is 0.417 e. The number of nitrogens with two attached hydrogens (primary N) is 1. The highest BCUT2D eigenvalue weighted by Gasteiger charge is 2.65. The minimum absolute atomic E-state index is 0.0313. The van der Waals surface area contributed by atoms with E-state index in [2.05, 4.69) is 20.2 Å². The van der Waals surface area contributed by atoms with Crippen molar-refractivity contribution in [3.8, 4) is 16.8 Å². The van der Waals surface area contributed by atoms with Gasteiger partial charge in [-0.3, -0.25) is 9.69 Å². The minimum atomic E-state index is -4.68. The van der Waals surface area contributed by atoms with Crippen LogP contribution in [0.3, 0.4) is 0 Å². The number of rotatable bonds is 10. The zero-order valence-corrected chi connectivity index (χ0v) is 24.0. The number of alkyl halides is 7. The lowest BCUT2D eigenvalue weighted by molar-refractivity contribution is -0.238. The summed E-state index contributed by atoms with van der Waals surface area (Å²) in [6.07, 6.45) is -4.98. The van der Waals surface area contributed by atoms with E-state index in [1.54, 1.807) is 12.1 Å². The monoisotopic (exact) mass is 670 g/mol. The molecule has 2 aliphatic rings. The summed E-state index contributed by atoms with van der Waals surface area (Å²) >= 11 is 6.30. The average molecular weight is 671 g/mol. The number of aromatic nitrogens is 5. The molecule has 18 heteroatoms. The highest BCUT2D eigenvalue weighted by molar-refractivity contribution is 6.32. The molecule has 0 bridgehead atoms. The van der Waals surface area contributed by atoms with Crippen LogP contribution in [0.25, 0.3) is 16.8 Å². The molecule has 1 amide bonds.